The minimum Gasteiger partial charge on any atom is -0.289 e. The van der Waals surface area contributed by atoms with Crippen LogP contribution in [0.1, 0.15) is 652 Å². The summed E-state index contributed by atoms with van der Waals surface area (Å²) in [4.78, 5) is 2.56. The molecular formula is C131H281N. The molecule has 810 valence electrons. The highest BCUT2D eigenvalue weighted by Gasteiger charge is 2.63. The minimum atomic E-state index is 0.219. The van der Waals surface area contributed by atoms with Gasteiger partial charge in [0.15, 0.2) is 0 Å². The van der Waals surface area contributed by atoms with Gasteiger partial charge in [0.25, 0.3) is 0 Å². The van der Waals surface area contributed by atoms with E-state index in [9.17, 15) is 0 Å². The average Bonchev–Trinajstić information content (AvgIpc) is 0.699. The van der Waals surface area contributed by atoms with Crippen LogP contribution in [0.3, 0.4) is 0 Å². The molecule has 0 radical (unpaired) electrons. The van der Waals surface area contributed by atoms with Gasteiger partial charge in [-0.05, 0) is 309 Å². The van der Waals surface area contributed by atoms with Crippen molar-refractivity contribution in [1.82, 2.24) is 4.90 Å². The Morgan fingerprint density at radius 2 is 0.295 bits per heavy atom. The van der Waals surface area contributed by atoms with E-state index < -0.39 is 0 Å². The van der Waals surface area contributed by atoms with Crippen LogP contribution in [0.4, 0.5) is 0 Å². The molecule has 0 heterocycles. The topological polar surface area (TPSA) is 3.24 Å². The standard InChI is InChI=1S/C17H36.C16H34.3C15H32.2C14H30.C13H28.C12H27N/c1-13(2,3)17(14(4,5)6,15(7,8)9)16(10,11)12;1-14(2,3)12-10-11-13(15(4,5)6)16(7,8)9;2*1-13(2,3)10-12(15(7,8)9)11-14(4,5)6;1-13(2,3)11-10-12(14(4,5)6)15(7,8)9;2*1-12(2,3)10-11(13(4,5)6)14(7,8)9;1-11(2,3)10(12(4,5)6)13(7,8)9;1-10(2,3)13(11(4,5)6)12(7,8)9/h1-12H3;13H,10-12H2,1-9H3;3*12H,10-11H2,1-9H3;2*11H,10H2,1-9H3;10H,1-9H3;1-9H3. The van der Waals surface area contributed by atoms with Gasteiger partial charge >= 0.3 is 0 Å². The van der Waals surface area contributed by atoms with Crippen LogP contribution in [0.25, 0.3) is 0 Å². The fraction of sp³-hybridized carbons (Fsp3) is 1.00. The Bertz CT molecular complexity index is 2610. The minimum absolute atomic E-state index is 0.219. The van der Waals surface area contributed by atoms with Gasteiger partial charge in [-0.2, -0.15) is 0 Å². The van der Waals surface area contributed by atoms with Crippen LogP contribution in [0.15, 0.2) is 0 Å². The zero-order valence-corrected chi connectivity index (χ0v) is 111. The van der Waals surface area contributed by atoms with Crippen molar-refractivity contribution in [1.29, 1.82) is 0 Å². The highest BCUT2D eigenvalue weighted by molar-refractivity contribution is 5.11. The Hall–Kier alpha value is -0.0400. The average molecular weight is 1870 g/mol. The summed E-state index contributed by atoms with van der Waals surface area (Å²) in [5.41, 5.74) is 10.9. The van der Waals surface area contributed by atoms with Crippen molar-refractivity contribution in [2.45, 2.75) is 669 Å². The van der Waals surface area contributed by atoms with Crippen molar-refractivity contribution in [3.63, 3.8) is 0 Å². The van der Waals surface area contributed by atoms with Crippen LogP contribution in [-0.2, 0) is 0 Å². The predicted molar refractivity (Wildman–Crippen MR) is 625 cm³/mol. The number of nitrogens with zero attached hydrogens (tertiary/aromatic N) is 1. The van der Waals surface area contributed by atoms with Crippen molar-refractivity contribution in [2.75, 3.05) is 0 Å². The third-order valence-corrected chi connectivity index (χ3v) is 27.6. The fourth-order valence-electron chi connectivity index (χ4n) is 28.8. The van der Waals surface area contributed by atoms with Gasteiger partial charge < -0.3 is 0 Å². The second-order valence-electron chi connectivity index (χ2n) is 74.5. The number of rotatable bonds is 11. The summed E-state index contributed by atoms with van der Waals surface area (Å²) < 4.78 is 0. The molecule has 0 atom stereocenters. The van der Waals surface area contributed by atoms with Crippen molar-refractivity contribution < 1.29 is 0 Å². The highest BCUT2D eigenvalue weighted by Crippen LogP contribution is 2.69. The third kappa shape index (κ3) is 70.6. The Labute approximate surface area is 850 Å². The van der Waals surface area contributed by atoms with E-state index in [-0.39, 0.29) is 43.7 Å². The molecule has 1 nitrogen and oxygen atoms in total. The van der Waals surface area contributed by atoms with Crippen LogP contribution in [0.2, 0.25) is 0 Å². The lowest BCUT2D eigenvalue weighted by molar-refractivity contribution is -0.196. The molecule has 0 rings (SSSR count). The maximum atomic E-state index is 2.56. The molecule has 0 aliphatic carbocycles. The van der Waals surface area contributed by atoms with Crippen LogP contribution < -0.4 is 0 Å². The van der Waals surface area contributed by atoms with Crippen molar-refractivity contribution in [3.05, 3.63) is 0 Å². The number of hydrogen-bond acceptors (Lipinski definition) is 1. The van der Waals surface area contributed by atoms with Crippen LogP contribution >= 0.6 is 0 Å². The fourth-order valence-corrected chi connectivity index (χ4v) is 28.8. The van der Waals surface area contributed by atoms with Gasteiger partial charge in [0, 0.05) is 16.6 Å². The molecule has 0 aromatic heterocycles. The summed E-state index contributed by atoms with van der Waals surface area (Å²) in [7, 11) is 0. The van der Waals surface area contributed by atoms with Gasteiger partial charge in [-0.25, -0.2) is 0 Å². The van der Waals surface area contributed by atoms with E-state index in [1.165, 1.54) is 70.6 Å². The quantitative estimate of drug-likeness (QED) is 0.199. The first-order valence-corrected chi connectivity index (χ1v) is 55.0. The SMILES string of the molecule is CC(C)(C)C(C(C)(C)C)(C(C)(C)C)C(C)(C)C.CC(C)(C)C(C(C)(C)C)C(C)(C)C.CC(C)(C)CC(C(C)(C)C)C(C)(C)C.CC(C)(C)CC(C(C)(C)C)C(C)(C)C.CC(C)(C)CC(CC(C)(C)C)C(C)(C)C.CC(C)(C)CC(CC(C)(C)C)C(C)(C)C.CC(C)(C)CCC(C(C)(C)C)C(C)(C)C.CC(C)(C)CCCC(C(C)(C)C)C(C)(C)C.CC(C)(C)N(C(C)(C)C)C(C)(C)C. The lowest BCUT2D eigenvalue weighted by atomic mass is 9.37. The monoisotopic (exact) mass is 1870 g/mol. The third-order valence-electron chi connectivity index (χ3n) is 27.6. The molecule has 0 saturated carbocycles. The lowest BCUT2D eigenvalue weighted by Gasteiger charge is -2.67. The molecule has 0 aliphatic rings. The number of hydrogen-bond donors (Lipinski definition) is 0. The van der Waals surface area contributed by atoms with E-state index in [1.807, 2.05) is 0 Å². The van der Waals surface area contributed by atoms with E-state index >= 15 is 0 Å². The second kappa shape index (κ2) is 50.7. The van der Waals surface area contributed by atoms with Gasteiger partial charge in [-0.15, -0.1) is 0 Å². The first-order chi connectivity index (χ1) is 55.2. The maximum absolute atomic E-state index is 2.56. The Morgan fingerprint density at radius 3 is 0.371 bits per heavy atom. The lowest BCUT2D eigenvalue weighted by Crippen LogP contribution is -2.61. The maximum Gasteiger partial charge on any atom is 0.0135 e. The molecule has 0 N–H and O–H groups in total. The van der Waals surface area contributed by atoms with Gasteiger partial charge in [0.1, 0.15) is 0 Å². The molecule has 1 heteroatoms. The molecule has 0 amide bonds. The summed E-state index contributed by atoms with van der Waals surface area (Å²) >= 11 is 0. The van der Waals surface area contributed by atoms with Crippen LogP contribution in [0.5, 0.6) is 0 Å². The van der Waals surface area contributed by atoms with Gasteiger partial charge in [0.2, 0.25) is 0 Å². The normalized spacial score (nSPS) is 15.1. The van der Waals surface area contributed by atoms with E-state index in [1.54, 1.807) is 0 Å². The molecule has 0 bridgehead atoms. The van der Waals surface area contributed by atoms with Crippen molar-refractivity contribution in [3.8, 4) is 0 Å². The van der Waals surface area contributed by atoms with Crippen LogP contribution in [0, 0.1) is 182 Å². The van der Waals surface area contributed by atoms with Crippen LogP contribution in [-0.4, -0.2) is 21.5 Å². The van der Waals surface area contributed by atoms with Gasteiger partial charge in [-0.1, -0.05) is 526 Å². The smallest absolute Gasteiger partial charge is 0.0135 e. The molecular weight excluding hydrogens is 1590 g/mol. The Kier molecular flexibility index (Phi) is 57.4. The first-order valence-electron chi connectivity index (χ1n) is 55.0. The zero-order valence-electron chi connectivity index (χ0n) is 111. The summed E-state index contributed by atoms with van der Waals surface area (Å²) in [6.07, 6.45) is 14.7. The summed E-state index contributed by atoms with van der Waals surface area (Å²) in [6.45, 7) is 198. The molecule has 0 aliphatic heterocycles. The summed E-state index contributed by atoms with van der Waals surface area (Å²) in [6, 6.07) is 0. The largest absolute Gasteiger partial charge is 0.289 e. The first kappa shape index (κ1) is 150. The van der Waals surface area contributed by atoms with Crippen molar-refractivity contribution in [2.24, 2.45) is 182 Å². The van der Waals surface area contributed by atoms with Gasteiger partial charge in [-0.3, -0.25) is 4.90 Å². The van der Waals surface area contributed by atoms with Gasteiger partial charge in [0.05, 0.1) is 0 Å². The predicted octanol–water partition coefficient (Wildman–Crippen LogP) is 47.3. The molecule has 132 heavy (non-hydrogen) atoms. The Morgan fingerprint density at radius 1 is 0.144 bits per heavy atom. The molecule has 0 aromatic rings. The summed E-state index contributed by atoms with van der Waals surface area (Å²) in [5.74, 6) is 5.51. The molecule has 0 aromatic carbocycles. The van der Waals surface area contributed by atoms with E-state index in [0.29, 0.717) is 114 Å². The van der Waals surface area contributed by atoms with E-state index in [2.05, 4.69) is 586 Å². The van der Waals surface area contributed by atoms with Crippen molar-refractivity contribution >= 4 is 0 Å². The highest BCUT2D eigenvalue weighted by atomic mass is 15.3. The molecule has 0 saturated heterocycles. The second-order valence-corrected chi connectivity index (χ2v) is 74.5. The van der Waals surface area contributed by atoms with E-state index in [4.69, 9.17) is 0 Å². The molecule has 0 spiro atoms. The Balaban J connectivity index is -0.000000184. The molecule has 0 fully saturated rings. The van der Waals surface area contributed by atoms with E-state index in [0.717, 1.165) is 41.4 Å². The summed E-state index contributed by atoms with van der Waals surface area (Å²) in [5, 5.41) is 0. The zero-order chi connectivity index (χ0) is 111. The molecule has 0 unspecified atom stereocenters.